The van der Waals surface area contributed by atoms with Crippen molar-refractivity contribution < 1.29 is 58.0 Å². The summed E-state index contributed by atoms with van der Waals surface area (Å²) in [4.78, 5) is 77.6. The van der Waals surface area contributed by atoms with Gasteiger partial charge in [-0.05, 0) is 37.6 Å². The van der Waals surface area contributed by atoms with Gasteiger partial charge >= 0.3 is 21.2 Å². The Bertz CT molecular complexity index is 1520. The van der Waals surface area contributed by atoms with Crippen molar-refractivity contribution >= 4 is 61.2 Å². The van der Waals surface area contributed by atoms with Gasteiger partial charge in [-0.1, -0.05) is 24.3 Å². The molecule has 2 fully saturated rings. The smallest absolute Gasteiger partial charge is 0.369 e. The number of thioether (sulfide) groups is 1. The van der Waals surface area contributed by atoms with Crippen LogP contribution in [0, 0.1) is 0 Å². The maximum absolute atomic E-state index is 13.8. The van der Waals surface area contributed by atoms with Gasteiger partial charge in [0.2, 0.25) is 5.91 Å². The zero-order chi connectivity index (χ0) is 31.4. The van der Waals surface area contributed by atoms with Crippen LogP contribution < -0.4 is 15.4 Å². The van der Waals surface area contributed by atoms with E-state index in [1.807, 2.05) is 0 Å². The first kappa shape index (κ1) is 32.2. The van der Waals surface area contributed by atoms with Gasteiger partial charge in [0.05, 0.1) is 17.9 Å². The van der Waals surface area contributed by atoms with Crippen LogP contribution in [0.5, 0.6) is 5.75 Å². The fourth-order valence-electron chi connectivity index (χ4n) is 5.16. The second kappa shape index (κ2) is 11.1. The number of nitrogens with zero attached hydrogens (tertiary/aromatic N) is 1. The van der Waals surface area contributed by atoms with E-state index in [1.54, 1.807) is 51.1 Å². The standard InChI is InChI=1S/C24H31N3O12P2S/c1-4-39-17-14(25-10-9-24(32,40(33,34)35)41(36,37)38)11-12-7-5-6-8-13(12)15(17)19(28)26-16-20(29)27-18(22(30)31)23(2,3)42-21(16)27/h5-8,11,16,18,21,25,32H,4,9-10H2,1-3H3,(H,26,28)(H,30,31)(H2,33,34,35)(H2,36,37,38). The third kappa shape index (κ3) is 5.42. The number of hydrogen-bond donors (Lipinski definition) is 8. The fourth-order valence-corrected chi connectivity index (χ4v) is 8.95. The van der Waals surface area contributed by atoms with Crippen molar-refractivity contribution in [3.05, 3.63) is 35.9 Å². The van der Waals surface area contributed by atoms with Gasteiger partial charge in [-0.15, -0.1) is 11.8 Å². The lowest BCUT2D eigenvalue weighted by Crippen LogP contribution is -2.70. The van der Waals surface area contributed by atoms with Gasteiger partial charge in [-0.3, -0.25) is 18.7 Å². The molecule has 0 spiro atoms. The first-order chi connectivity index (χ1) is 19.4. The Hall–Kier alpha value is -2.68. The molecule has 2 aliphatic heterocycles. The number of benzene rings is 2. The molecule has 0 radical (unpaired) electrons. The summed E-state index contributed by atoms with van der Waals surface area (Å²) in [5, 5.41) is 22.0. The number of nitrogens with one attached hydrogen (secondary N) is 2. The zero-order valence-electron chi connectivity index (χ0n) is 22.6. The summed E-state index contributed by atoms with van der Waals surface area (Å²) in [6, 6.07) is 6.12. The highest BCUT2D eigenvalue weighted by molar-refractivity contribution is 8.01. The number of amides is 2. The average Bonchev–Trinajstić information content (AvgIpc) is 3.13. The van der Waals surface area contributed by atoms with Crippen LogP contribution in [0.3, 0.4) is 0 Å². The maximum atomic E-state index is 13.8. The number of anilines is 1. The van der Waals surface area contributed by atoms with E-state index in [0.29, 0.717) is 10.8 Å². The summed E-state index contributed by atoms with van der Waals surface area (Å²) in [7, 11) is -11.4. The number of rotatable bonds is 11. The van der Waals surface area contributed by atoms with Gasteiger partial charge in [0.1, 0.15) is 17.5 Å². The van der Waals surface area contributed by atoms with Gasteiger partial charge in [0, 0.05) is 17.7 Å². The van der Waals surface area contributed by atoms with Crippen LogP contribution in [-0.4, -0.2) is 92.9 Å². The van der Waals surface area contributed by atoms with Crippen LogP contribution in [-0.2, 0) is 18.7 Å². The van der Waals surface area contributed by atoms with E-state index in [0.717, 1.165) is 0 Å². The molecule has 0 aromatic heterocycles. The molecule has 0 bridgehead atoms. The van der Waals surface area contributed by atoms with Gasteiger partial charge in [0.25, 0.3) is 11.0 Å². The first-order valence-corrected chi connectivity index (χ1v) is 16.8. The Labute approximate surface area is 243 Å². The molecule has 18 heteroatoms. The number of fused-ring (bicyclic) bond motifs is 2. The first-order valence-electron chi connectivity index (χ1n) is 12.7. The average molecular weight is 648 g/mol. The van der Waals surface area contributed by atoms with Crippen LogP contribution in [0.1, 0.15) is 37.6 Å². The Morgan fingerprint density at radius 3 is 2.33 bits per heavy atom. The number of hydrogen-bond acceptors (Lipinski definition) is 9. The molecule has 42 heavy (non-hydrogen) atoms. The predicted octanol–water partition coefficient (Wildman–Crippen LogP) is 1.29. The Kier molecular flexibility index (Phi) is 8.53. The number of carboxylic acid groups (broad SMARTS) is 1. The molecular weight excluding hydrogens is 616 g/mol. The summed E-state index contributed by atoms with van der Waals surface area (Å²) < 4.78 is 28.5. The summed E-state index contributed by atoms with van der Waals surface area (Å²) in [6.45, 7) is 4.56. The number of carbonyl (C=O) groups excluding carboxylic acids is 2. The highest BCUT2D eigenvalue weighted by atomic mass is 32.2. The molecule has 15 nitrogen and oxygen atoms in total. The minimum atomic E-state index is -5.69. The molecule has 0 aliphatic carbocycles. The summed E-state index contributed by atoms with van der Waals surface area (Å²) in [6.07, 6.45) is -1.06. The topological polar surface area (TPSA) is 243 Å². The van der Waals surface area contributed by atoms with Crippen LogP contribution in [0.4, 0.5) is 5.69 Å². The molecule has 0 saturated carbocycles. The summed E-state index contributed by atoms with van der Waals surface area (Å²) in [5.74, 6) is -2.43. The summed E-state index contributed by atoms with van der Waals surface area (Å²) >= 11 is 1.26. The van der Waals surface area contributed by atoms with E-state index in [9.17, 15) is 53.3 Å². The van der Waals surface area contributed by atoms with Crippen LogP contribution in [0.15, 0.2) is 30.3 Å². The fraction of sp³-hybridized carbons (Fsp3) is 0.458. The number of aliphatic hydroxyl groups is 1. The lowest BCUT2D eigenvalue weighted by molar-refractivity contribution is -0.159. The molecule has 3 atom stereocenters. The molecule has 8 N–H and O–H groups in total. The highest BCUT2D eigenvalue weighted by Crippen LogP contribution is 2.68. The minimum absolute atomic E-state index is 0.000907. The van der Waals surface area contributed by atoms with Gasteiger partial charge in [-0.25, -0.2) is 4.79 Å². The minimum Gasteiger partial charge on any atom is -0.491 e. The Balaban J connectivity index is 1.67. The third-order valence-corrected chi connectivity index (χ3v) is 12.6. The van der Waals surface area contributed by atoms with E-state index in [-0.39, 0.29) is 23.6 Å². The molecule has 2 aromatic rings. The number of carboxylic acids is 1. The lowest BCUT2D eigenvalue weighted by Gasteiger charge is -2.43. The van der Waals surface area contributed by atoms with Gasteiger partial charge in [-0.2, -0.15) is 0 Å². The van der Waals surface area contributed by atoms with Gasteiger partial charge < -0.3 is 50.1 Å². The molecule has 230 valence electrons. The second-order valence-electron chi connectivity index (χ2n) is 10.4. The Morgan fingerprint density at radius 1 is 1.14 bits per heavy atom. The molecule has 2 heterocycles. The normalized spacial score (nSPS) is 22.0. The van der Waals surface area contributed by atoms with Crippen molar-refractivity contribution in [3.8, 4) is 5.75 Å². The van der Waals surface area contributed by atoms with Crippen LogP contribution in [0.25, 0.3) is 10.8 Å². The van der Waals surface area contributed by atoms with E-state index >= 15 is 0 Å². The molecule has 4 rings (SSSR count). The lowest BCUT2D eigenvalue weighted by atomic mass is 9.95. The number of aliphatic carboxylic acids is 1. The maximum Gasteiger partial charge on any atom is 0.369 e. The molecular formula is C24H31N3O12P2S. The van der Waals surface area contributed by atoms with Crippen LogP contribution in [0.2, 0.25) is 0 Å². The molecule has 2 aliphatic rings. The summed E-state index contributed by atoms with van der Waals surface area (Å²) in [5.41, 5.74) is 0.115. The monoisotopic (exact) mass is 647 g/mol. The number of β-lactam (4-membered cyclic amide) rings is 1. The molecule has 2 saturated heterocycles. The Morgan fingerprint density at radius 2 is 1.76 bits per heavy atom. The molecule has 2 aromatic carbocycles. The van der Waals surface area contributed by atoms with Crippen molar-refractivity contribution in [2.45, 2.75) is 54.5 Å². The number of ether oxygens (including phenoxy) is 1. The highest BCUT2D eigenvalue weighted by Gasteiger charge is 2.64. The number of carbonyl (C=O) groups is 3. The SMILES string of the molecule is CCOc1c(NCCC(O)(P(=O)(O)O)P(=O)(O)O)cc2ccccc2c1C(=O)NC1C(=O)N2C1SC(C)(C)C2C(=O)O. The predicted molar refractivity (Wildman–Crippen MR) is 152 cm³/mol. The van der Waals surface area contributed by atoms with E-state index in [2.05, 4.69) is 10.6 Å². The third-order valence-electron chi connectivity index (χ3n) is 7.19. The van der Waals surface area contributed by atoms with Crippen molar-refractivity contribution in [2.24, 2.45) is 0 Å². The van der Waals surface area contributed by atoms with Gasteiger partial charge in [0.15, 0.2) is 5.75 Å². The van der Waals surface area contributed by atoms with Crippen molar-refractivity contribution in [1.29, 1.82) is 0 Å². The van der Waals surface area contributed by atoms with E-state index < -0.39 is 73.2 Å². The zero-order valence-corrected chi connectivity index (χ0v) is 25.2. The van der Waals surface area contributed by atoms with Crippen molar-refractivity contribution in [2.75, 3.05) is 18.5 Å². The van der Waals surface area contributed by atoms with Crippen molar-refractivity contribution in [1.82, 2.24) is 10.2 Å². The van der Waals surface area contributed by atoms with Crippen LogP contribution >= 0.6 is 27.0 Å². The second-order valence-corrected chi connectivity index (χ2v) is 16.2. The van der Waals surface area contributed by atoms with E-state index in [1.165, 1.54) is 16.7 Å². The van der Waals surface area contributed by atoms with Crippen molar-refractivity contribution in [3.63, 3.8) is 0 Å². The quantitative estimate of drug-likeness (QED) is 0.127. The largest absolute Gasteiger partial charge is 0.491 e. The molecule has 3 unspecified atom stereocenters. The molecule has 2 amide bonds. The van der Waals surface area contributed by atoms with E-state index in [4.69, 9.17) is 4.74 Å².